The van der Waals surface area contributed by atoms with E-state index in [9.17, 15) is 4.79 Å². The van der Waals surface area contributed by atoms with E-state index in [1.165, 1.54) is 38.5 Å². The molecule has 0 aromatic carbocycles. The van der Waals surface area contributed by atoms with Crippen LogP contribution >= 0.6 is 0 Å². The molecule has 0 spiro atoms. The van der Waals surface area contributed by atoms with Crippen molar-refractivity contribution in [3.05, 3.63) is 18.2 Å². The molecule has 1 aliphatic carbocycles. The van der Waals surface area contributed by atoms with Crippen LogP contribution in [0.15, 0.2) is 12.4 Å². The lowest BCUT2D eigenvalue weighted by Crippen LogP contribution is -2.42. The molecule has 2 aliphatic rings. The maximum Gasteiger partial charge on any atom is 0.241 e. The van der Waals surface area contributed by atoms with Crippen molar-refractivity contribution in [3.63, 3.8) is 0 Å². The second-order valence-corrected chi connectivity index (χ2v) is 6.22. The van der Waals surface area contributed by atoms with Crippen molar-refractivity contribution in [1.82, 2.24) is 14.9 Å². The van der Waals surface area contributed by atoms with Gasteiger partial charge in [0.2, 0.25) is 5.91 Å². The predicted molar refractivity (Wildman–Crippen MR) is 82.1 cm³/mol. The Morgan fingerprint density at radius 1 is 1.19 bits per heavy atom. The normalized spacial score (nSPS) is 21.6. The summed E-state index contributed by atoms with van der Waals surface area (Å²) in [6.07, 6.45) is 10.8. The molecule has 2 heterocycles. The number of anilines is 1. The first-order chi connectivity index (χ1) is 10.2. The van der Waals surface area contributed by atoms with Gasteiger partial charge in [-0.3, -0.25) is 9.69 Å². The van der Waals surface area contributed by atoms with Crippen LogP contribution in [0.1, 0.15) is 57.2 Å². The van der Waals surface area contributed by atoms with Crippen LogP contribution in [0.25, 0.3) is 0 Å². The van der Waals surface area contributed by atoms with Crippen molar-refractivity contribution in [3.8, 4) is 0 Å². The van der Waals surface area contributed by atoms with Crippen LogP contribution < -0.4 is 5.32 Å². The number of likely N-dealkylation sites (tertiary alicyclic amines) is 1. The maximum absolute atomic E-state index is 12.3. The van der Waals surface area contributed by atoms with E-state index < -0.39 is 0 Å². The van der Waals surface area contributed by atoms with E-state index in [-0.39, 0.29) is 11.9 Å². The first kappa shape index (κ1) is 14.4. The lowest BCUT2D eigenvalue weighted by Gasteiger charge is -2.26. The number of carbonyl (C=O) groups is 1. The molecule has 1 atom stereocenters. The molecule has 3 rings (SSSR count). The molecular formula is C16H24N4O. The van der Waals surface area contributed by atoms with Gasteiger partial charge in [0.1, 0.15) is 5.82 Å². The van der Waals surface area contributed by atoms with Crippen LogP contribution in [0.5, 0.6) is 0 Å². The van der Waals surface area contributed by atoms with Crippen molar-refractivity contribution in [1.29, 1.82) is 0 Å². The Hall–Kier alpha value is -1.49. The summed E-state index contributed by atoms with van der Waals surface area (Å²) in [5.41, 5.74) is 0.700. The average Bonchev–Trinajstić information content (AvgIpc) is 3.34. The van der Waals surface area contributed by atoms with E-state index in [2.05, 4.69) is 20.2 Å². The zero-order valence-corrected chi connectivity index (χ0v) is 12.7. The molecule has 1 N–H and O–H groups in total. The van der Waals surface area contributed by atoms with Crippen LogP contribution in [0.4, 0.5) is 5.69 Å². The highest BCUT2D eigenvalue weighted by atomic mass is 16.2. The summed E-state index contributed by atoms with van der Waals surface area (Å²) >= 11 is 0. The van der Waals surface area contributed by atoms with Gasteiger partial charge in [-0.1, -0.05) is 12.8 Å². The molecule has 5 nitrogen and oxygen atoms in total. The van der Waals surface area contributed by atoms with Gasteiger partial charge in [0.25, 0.3) is 0 Å². The first-order valence-corrected chi connectivity index (χ1v) is 8.11. The van der Waals surface area contributed by atoms with Crippen molar-refractivity contribution in [2.45, 2.75) is 57.4 Å². The van der Waals surface area contributed by atoms with Crippen molar-refractivity contribution in [2.24, 2.45) is 0 Å². The number of nitrogens with zero attached hydrogens (tertiary/aromatic N) is 3. The summed E-state index contributed by atoms with van der Waals surface area (Å²) in [7, 11) is 0. The molecule has 0 bridgehead atoms. The number of amides is 1. The molecular weight excluding hydrogens is 264 g/mol. The van der Waals surface area contributed by atoms with Gasteiger partial charge < -0.3 is 5.32 Å². The van der Waals surface area contributed by atoms with Crippen molar-refractivity contribution < 1.29 is 4.79 Å². The first-order valence-electron chi connectivity index (χ1n) is 8.11. The van der Waals surface area contributed by atoms with E-state index in [4.69, 9.17) is 0 Å². The minimum Gasteiger partial charge on any atom is -0.322 e. The molecule has 1 aromatic rings. The number of hydrogen-bond acceptors (Lipinski definition) is 4. The zero-order valence-electron chi connectivity index (χ0n) is 12.7. The van der Waals surface area contributed by atoms with Gasteiger partial charge in [0, 0.05) is 5.92 Å². The largest absolute Gasteiger partial charge is 0.322 e. The van der Waals surface area contributed by atoms with E-state index in [0.717, 1.165) is 18.9 Å². The third-order valence-electron chi connectivity index (χ3n) is 4.45. The van der Waals surface area contributed by atoms with Gasteiger partial charge in [-0.2, -0.15) is 0 Å². The van der Waals surface area contributed by atoms with Crippen LogP contribution in [0.3, 0.4) is 0 Å². The Morgan fingerprint density at radius 3 is 2.38 bits per heavy atom. The molecule has 2 fully saturated rings. The van der Waals surface area contributed by atoms with Crippen molar-refractivity contribution in [2.75, 3.05) is 18.4 Å². The molecule has 114 valence electrons. The molecule has 0 unspecified atom stereocenters. The summed E-state index contributed by atoms with van der Waals surface area (Å²) in [5.74, 6) is 1.50. The summed E-state index contributed by atoms with van der Waals surface area (Å²) in [6, 6.07) is -0.0915. The predicted octanol–water partition coefficient (Wildman–Crippen LogP) is 2.56. The highest BCUT2D eigenvalue weighted by Crippen LogP contribution is 2.37. The molecule has 1 aliphatic heterocycles. The van der Waals surface area contributed by atoms with Gasteiger partial charge in [-0.25, -0.2) is 9.97 Å². The topological polar surface area (TPSA) is 58.1 Å². The third-order valence-corrected chi connectivity index (χ3v) is 4.45. The fourth-order valence-corrected chi connectivity index (χ4v) is 2.85. The molecule has 1 saturated heterocycles. The van der Waals surface area contributed by atoms with Gasteiger partial charge in [-0.15, -0.1) is 0 Å². The van der Waals surface area contributed by atoms with E-state index in [0.29, 0.717) is 11.6 Å². The van der Waals surface area contributed by atoms with Crippen LogP contribution in [-0.4, -0.2) is 39.9 Å². The fourth-order valence-electron chi connectivity index (χ4n) is 2.85. The number of hydrogen-bond donors (Lipinski definition) is 1. The minimum absolute atomic E-state index is 0.0414. The Morgan fingerprint density at radius 2 is 1.81 bits per heavy atom. The third kappa shape index (κ3) is 3.79. The number of aromatic nitrogens is 2. The van der Waals surface area contributed by atoms with E-state index in [1.807, 2.05) is 6.92 Å². The van der Waals surface area contributed by atoms with Gasteiger partial charge in [-0.05, 0) is 45.7 Å². The van der Waals surface area contributed by atoms with Gasteiger partial charge in [0.05, 0.1) is 24.1 Å². The number of carbonyl (C=O) groups excluding carboxylic acids is 1. The second kappa shape index (κ2) is 6.52. The second-order valence-electron chi connectivity index (χ2n) is 6.22. The van der Waals surface area contributed by atoms with E-state index in [1.54, 1.807) is 12.4 Å². The van der Waals surface area contributed by atoms with Crippen LogP contribution in [0, 0.1) is 0 Å². The zero-order chi connectivity index (χ0) is 14.7. The van der Waals surface area contributed by atoms with Crippen LogP contribution in [0.2, 0.25) is 0 Å². The molecule has 1 amide bonds. The smallest absolute Gasteiger partial charge is 0.241 e. The van der Waals surface area contributed by atoms with Crippen molar-refractivity contribution >= 4 is 11.6 Å². The van der Waals surface area contributed by atoms with Gasteiger partial charge in [0.15, 0.2) is 0 Å². The Kier molecular flexibility index (Phi) is 4.48. The molecule has 5 heteroatoms. The number of rotatable bonds is 4. The quantitative estimate of drug-likeness (QED) is 0.925. The molecule has 21 heavy (non-hydrogen) atoms. The Bertz CT molecular complexity index is 476. The Balaban J connectivity index is 1.56. The average molecular weight is 288 g/mol. The SMILES string of the molecule is C[C@H](C(=O)Nc1cnc(C2CC2)nc1)N1CCCCCC1. The lowest BCUT2D eigenvalue weighted by molar-refractivity contribution is -0.120. The highest BCUT2D eigenvalue weighted by Gasteiger charge is 2.26. The van der Waals surface area contributed by atoms with E-state index >= 15 is 0 Å². The fraction of sp³-hybridized carbons (Fsp3) is 0.688. The molecule has 1 aromatic heterocycles. The highest BCUT2D eigenvalue weighted by molar-refractivity contribution is 5.94. The maximum atomic E-state index is 12.3. The summed E-state index contributed by atoms with van der Waals surface area (Å²) in [5, 5.41) is 2.94. The monoisotopic (exact) mass is 288 g/mol. The summed E-state index contributed by atoms with van der Waals surface area (Å²) in [6.45, 7) is 4.03. The molecule has 1 saturated carbocycles. The number of nitrogens with one attached hydrogen (secondary N) is 1. The Labute approximate surface area is 126 Å². The summed E-state index contributed by atoms with van der Waals surface area (Å²) in [4.78, 5) is 23.3. The lowest BCUT2D eigenvalue weighted by atomic mass is 10.2. The standard InChI is InChI=1S/C16H24N4O/c1-12(20-8-4-2-3-5-9-20)16(21)19-14-10-17-15(18-11-14)13-6-7-13/h10-13H,2-9H2,1H3,(H,19,21)/t12-/m1/s1. The summed E-state index contributed by atoms with van der Waals surface area (Å²) < 4.78 is 0. The minimum atomic E-state index is -0.0915. The van der Waals surface area contributed by atoms with Crippen LogP contribution in [-0.2, 0) is 4.79 Å². The molecule has 0 radical (unpaired) electrons. The van der Waals surface area contributed by atoms with Gasteiger partial charge >= 0.3 is 0 Å².